The number of rotatable bonds is 5. The molecule has 0 saturated carbocycles. The van der Waals surface area contributed by atoms with E-state index in [9.17, 15) is 0 Å². The molecule has 0 radical (unpaired) electrons. The Labute approximate surface area is 125 Å². The van der Waals surface area contributed by atoms with Crippen LogP contribution in [-0.4, -0.2) is 11.0 Å². The van der Waals surface area contributed by atoms with Crippen LogP contribution in [0.1, 0.15) is 18.9 Å². The van der Waals surface area contributed by atoms with Gasteiger partial charge in [0.1, 0.15) is 0 Å². The van der Waals surface area contributed by atoms with Crippen molar-refractivity contribution in [1.29, 1.82) is 0 Å². The molecule has 0 fully saturated rings. The Balaban J connectivity index is 1.82. The van der Waals surface area contributed by atoms with Crippen molar-refractivity contribution < 1.29 is 0 Å². The summed E-state index contributed by atoms with van der Waals surface area (Å²) in [5.74, 6) is 0. The highest BCUT2D eigenvalue weighted by molar-refractivity contribution is 5.91. The molecule has 2 aromatic carbocycles. The van der Waals surface area contributed by atoms with Crippen LogP contribution in [0.15, 0.2) is 66.9 Å². The fourth-order valence-corrected chi connectivity index (χ4v) is 2.65. The highest BCUT2D eigenvalue weighted by atomic mass is 14.9. The van der Waals surface area contributed by atoms with Crippen LogP contribution in [-0.2, 0) is 6.42 Å². The van der Waals surface area contributed by atoms with Crippen LogP contribution in [0.3, 0.4) is 0 Å². The Hall–Kier alpha value is -2.35. The average molecular weight is 276 g/mol. The third-order valence-electron chi connectivity index (χ3n) is 3.82. The maximum absolute atomic E-state index is 4.42. The Kier molecular flexibility index (Phi) is 4.15. The average Bonchev–Trinajstić information content (AvgIpc) is 2.55. The molecule has 21 heavy (non-hydrogen) atoms. The second-order valence-electron chi connectivity index (χ2n) is 5.31. The first-order valence-electron chi connectivity index (χ1n) is 7.51. The van der Waals surface area contributed by atoms with Crippen LogP contribution < -0.4 is 5.32 Å². The molecule has 0 saturated heterocycles. The highest BCUT2D eigenvalue weighted by Crippen LogP contribution is 2.23. The summed E-state index contributed by atoms with van der Waals surface area (Å²) in [7, 11) is 0. The number of benzene rings is 2. The number of nitrogens with one attached hydrogen (secondary N) is 1. The van der Waals surface area contributed by atoms with Crippen molar-refractivity contribution in [2.45, 2.75) is 25.8 Å². The van der Waals surface area contributed by atoms with Gasteiger partial charge < -0.3 is 5.32 Å². The quantitative estimate of drug-likeness (QED) is 0.732. The molecule has 0 aliphatic carbocycles. The standard InChI is InChI=1S/C19H20N2/c1-2-16(14-15-8-4-3-5-9-15)21-19-12-6-11-18-17(19)10-7-13-20-18/h3-13,16,21H,2,14H2,1H3. The van der Waals surface area contributed by atoms with Gasteiger partial charge in [0.15, 0.2) is 0 Å². The van der Waals surface area contributed by atoms with E-state index in [1.54, 1.807) is 0 Å². The summed E-state index contributed by atoms with van der Waals surface area (Å²) in [6.07, 6.45) is 3.97. The number of anilines is 1. The molecular weight excluding hydrogens is 256 g/mol. The van der Waals surface area contributed by atoms with E-state index in [1.807, 2.05) is 12.3 Å². The van der Waals surface area contributed by atoms with Gasteiger partial charge in [0, 0.05) is 23.3 Å². The van der Waals surface area contributed by atoms with Crippen molar-refractivity contribution in [2.24, 2.45) is 0 Å². The van der Waals surface area contributed by atoms with Gasteiger partial charge in [-0.05, 0) is 42.7 Å². The van der Waals surface area contributed by atoms with E-state index >= 15 is 0 Å². The van der Waals surface area contributed by atoms with Crippen molar-refractivity contribution in [3.05, 3.63) is 72.4 Å². The number of hydrogen-bond donors (Lipinski definition) is 1. The zero-order valence-corrected chi connectivity index (χ0v) is 12.3. The summed E-state index contributed by atoms with van der Waals surface area (Å²) in [4.78, 5) is 4.42. The molecule has 2 nitrogen and oxygen atoms in total. The fourth-order valence-electron chi connectivity index (χ4n) is 2.65. The second-order valence-corrected chi connectivity index (χ2v) is 5.31. The number of aromatic nitrogens is 1. The number of nitrogens with zero attached hydrogens (tertiary/aromatic N) is 1. The lowest BCUT2D eigenvalue weighted by Crippen LogP contribution is -2.21. The minimum absolute atomic E-state index is 0.429. The van der Waals surface area contributed by atoms with E-state index in [1.165, 1.54) is 16.6 Å². The first kappa shape index (κ1) is 13.6. The summed E-state index contributed by atoms with van der Waals surface area (Å²) in [6, 6.07) is 21.4. The summed E-state index contributed by atoms with van der Waals surface area (Å²) in [5.41, 5.74) is 3.58. The lowest BCUT2D eigenvalue weighted by Gasteiger charge is -2.19. The van der Waals surface area contributed by atoms with E-state index in [0.717, 1.165) is 18.4 Å². The van der Waals surface area contributed by atoms with Gasteiger partial charge in [0.25, 0.3) is 0 Å². The van der Waals surface area contributed by atoms with Crippen molar-refractivity contribution in [1.82, 2.24) is 4.98 Å². The predicted octanol–water partition coefficient (Wildman–Crippen LogP) is 4.67. The van der Waals surface area contributed by atoms with Crippen LogP contribution in [0, 0.1) is 0 Å². The van der Waals surface area contributed by atoms with Crippen molar-refractivity contribution in [3.8, 4) is 0 Å². The summed E-state index contributed by atoms with van der Waals surface area (Å²) in [6.45, 7) is 2.23. The first-order chi connectivity index (χ1) is 10.4. The normalized spacial score (nSPS) is 12.2. The van der Waals surface area contributed by atoms with Gasteiger partial charge in [0.2, 0.25) is 0 Å². The SMILES string of the molecule is CCC(Cc1ccccc1)Nc1cccc2ncccc12. The molecule has 1 atom stereocenters. The molecule has 106 valence electrons. The molecule has 0 amide bonds. The van der Waals surface area contributed by atoms with Gasteiger partial charge >= 0.3 is 0 Å². The van der Waals surface area contributed by atoms with Crippen LogP contribution in [0.5, 0.6) is 0 Å². The van der Waals surface area contributed by atoms with Crippen LogP contribution in [0.2, 0.25) is 0 Å². The predicted molar refractivity (Wildman–Crippen MR) is 89.6 cm³/mol. The Bertz CT molecular complexity index is 702. The molecule has 3 rings (SSSR count). The van der Waals surface area contributed by atoms with E-state index in [4.69, 9.17) is 0 Å². The Morgan fingerprint density at radius 3 is 2.62 bits per heavy atom. The van der Waals surface area contributed by atoms with Crippen LogP contribution >= 0.6 is 0 Å². The third kappa shape index (κ3) is 3.22. The fraction of sp³-hybridized carbons (Fsp3) is 0.211. The third-order valence-corrected chi connectivity index (χ3v) is 3.82. The van der Waals surface area contributed by atoms with E-state index < -0.39 is 0 Å². The van der Waals surface area contributed by atoms with E-state index in [0.29, 0.717) is 6.04 Å². The molecule has 0 aliphatic heterocycles. The van der Waals surface area contributed by atoms with Crippen molar-refractivity contribution in [3.63, 3.8) is 0 Å². The number of hydrogen-bond acceptors (Lipinski definition) is 2. The largest absolute Gasteiger partial charge is 0.381 e. The van der Waals surface area contributed by atoms with E-state index in [2.05, 4.69) is 71.8 Å². The molecule has 1 aromatic heterocycles. The summed E-state index contributed by atoms with van der Waals surface area (Å²) in [5, 5.41) is 4.87. The molecule has 3 aromatic rings. The molecule has 0 bridgehead atoms. The Morgan fingerprint density at radius 1 is 0.952 bits per heavy atom. The first-order valence-corrected chi connectivity index (χ1v) is 7.51. The number of fused-ring (bicyclic) bond motifs is 1. The summed E-state index contributed by atoms with van der Waals surface area (Å²) >= 11 is 0. The van der Waals surface area contributed by atoms with Crippen LogP contribution in [0.4, 0.5) is 5.69 Å². The molecular formula is C19H20N2. The van der Waals surface area contributed by atoms with Crippen LogP contribution in [0.25, 0.3) is 10.9 Å². The minimum atomic E-state index is 0.429. The maximum Gasteiger partial charge on any atom is 0.0722 e. The molecule has 1 unspecified atom stereocenters. The van der Waals surface area contributed by atoms with Gasteiger partial charge in [-0.15, -0.1) is 0 Å². The second kappa shape index (κ2) is 6.40. The maximum atomic E-state index is 4.42. The highest BCUT2D eigenvalue weighted by Gasteiger charge is 2.09. The topological polar surface area (TPSA) is 24.9 Å². The molecule has 0 spiro atoms. The molecule has 2 heteroatoms. The lowest BCUT2D eigenvalue weighted by atomic mass is 10.0. The monoisotopic (exact) mass is 276 g/mol. The zero-order chi connectivity index (χ0) is 14.5. The van der Waals surface area contributed by atoms with Gasteiger partial charge in [-0.1, -0.05) is 43.3 Å². The summed E-state index contributed by atoms with van der Waals surface area (Å²) < 4.78 is 0. The van der Waals surface area contributed by atoms with E-state index in [-0.39, 0.29) is 0 Å². The van der Waals surface area contributed by atoms with Crippen molar-refractivity contribution >= 4 is 16.6 Å². The smallest absolute Gasteiger partial charge is 0.0722 e. The molecule has 1 N–H and O–H groups in total. The molecule has 1 heterocycles. The molecule has 0 aliphatic rings. The van der Waals surface area contributed by atoms with Gasteiger partial charge in [-0.25, -0.2) is 0 Å². The lowest BCUT2D eigenvalue weighted by molar-refractivity contribution is 0.691. The zero-order valence-electron chi connectivity index (χ0n) is 12.3. The Morgan fingerprint density at radius 2 is 1.81 bits per heavy atom. The minimum Gasteiger partial charge on any atom is -0.381 e. The van der Waals surface area contributed by atoms with Crippen molar-refractivity contribution in [2.75, 3.05) is 5.32 Å². The number of pyridine rings is 1. The van der Waals surface area contributed by atoms with Gasteiger partial charge in [-0.2, -0.15) is 0 Å². The van der Waals surface area contributed by atoms with Gasteiger partial charge in [-0.3, -0.25) is 4.98 Å². The van der Waals surface area contributed by atoms with Gasteiger partial charge in [0.05, 0.1) is 5.52 Å².